The molecular formula is C21H20N4O. The first-order valence-electron chi connectivity index (χ1n) is 8.41. The van der Waals surface area contributed by atoms with E-state index in [4.69, 9.17) is 5.26 Å². The molecule has 0 radical (unpaired) electrons. The van der Waals surface area contributed by atoms with Crippen LogP contribution < -0.4 is 5.32 Å². The Morgan fingerprint density at radius 3 is 2.81 bits per heavy atom. The van der Waals surface area contributed by atoms with Crippen LogP contribution in [0.5, 0.6) is 0 Å². The smallest absolute Gasteiger partial charge is 0.238 e. The molecule has 1 heterocycles. The van der Waals surface area contributed by atoms with E-state index < -0.39 is 0 Å². The van der Waals surface area contributed by atoms with Gasteiger partial charge in [0.05, 0.1) is 18.3 Å². The number of benzene rings is 2. The van der Waals surface area contributed by atoms with Crippen LogP contribution in [-0.2, 0) is 4.79 Å². The number of rotatable bonds is 5. The zero-order chi connectivity index (χ0) is 18.5. The van der Waals surface area contributed by atoms with Gasteiger partial charge in [-0.3, -0.25) is 4.79 Å². The fourth-order valence-corrected chi connectivity index (χ4v) is 3.11. The third-order valence-electron chi connectivity index (χ3n) is 4.53. The average molecular weight is 344 g/mol. The molecule has 1 atom stereocenters. The summed E-state index contributed by atoms with van der Waals surface area (Å²) in [6.07, 6.45) is 3.34. The minimum Gasteiger partial charge on any atom is -0.348 e. The lowest BCUT2D eigenvalue weighted by atomic mass is 9.85. The van der Waals surface area contributed by atoms with E-state index >= 15 is 0 Å². The minimum absolute atomic E-state index is 0.0229. The van der Waals surface area contributed by atoms with Crippen LogP contribution in [0, 0.1) is 25.2 Å². The fourth-order valence-electron chi connectivity index (χ4n) is 3.11. The first-order chi connectivity index (χ1) is 12.6. The van der Waals surface area contributed by atoms with Gasteiger partial charge in [-0.2, -0.15) is 5.26 Å². The summed E-state index contributed by atoms with van der Waals surface area (Å²) in [6.45, 7) is 4.22. The number of amides is 1. The molecule has 0 spiro atoms. The molecule has 5 heteroatoms. The van der Waals surface area contributed by atoms with Crippen LogP contribution in [0.1, 0.15) is 40.3 Å². The SMILES string of the molecule is Cc1cccc(C(c2cccc(NC(=O)CC#N)c2)c2cnc[nH]2)c1C. The van der Waals surface area contributed by atoms with E-state index in [0.29, 0.717) is 5.69 Å². The highest BCUT2D eigenvalue weighted by molar-refractivity contribution is 5.92. The Bertz CT molecular complexity index is 954. The molecule has 0 fully saturated rings. The third-order valence-corrected chi connectivity index (χ3v) is 4.53. The molecule has 26 heavy (non-hydrogen) atoms. The summed E-state index contributed by atoms with van der Waals surface area (Å²) < 4.78 is 0. The maximum absolute atomic E-state index is 11.7. The lowest BCUT2D eigenvalue weighted by Crippen LogP contribution is -2.11. The number of nitriles is 1. The number of H-pyrrole nitrogens is 1. The Labute approximate surface area is 152 Å². The van der Waals surface area contributed by atoms with E-state index in [1.165, 1.54) is 16.7 Å². The predicted molar refractivity (Wildman–Crippen MR) is 101 cm³/mol. The molecule has 5 nitrogen and oxygen atoms in total. The van der Waals surface area contributed by atoms with Crippen molar-refractivity contribution in [2.75, 3.05) is 5.32 Å². The maximum Gasteiger partial charge on any atom is 0.238 e. The number of nitrogens with zero attached hydrogens (tertiary/aromatic N) is 2. The highest BCUT2D eigenvalue weighted by atomic mass is 16.1. The van der Waals surface area contributed by atoms with Gasteiger partial charge in [0.1, 0.15) is 6.42 Å². The van der Waals surface area contributed by atoms with Crippen LogP contribution in [0.3, 0.4) is 0 Å². The lowest BCUT2D eigenvalue weighted by molar-refractivity contribution is -0.115. The number of nitrogens with one attached hydrogen (secondary N) is 2. The number of aromatic amines is 1. The number of anilines is 1. The molecule has 1 amide bonds. The maximum atomic E-state index is 11.7. The Kier molecular flexibility index (Phi) is 5.14. The highest BCUT2D eigenvalue weighted by Gasteiger charge is 2.21. The Hall–Kier alpha value is -3.39. The van der Waals surface area contributed by atoms with E-state index in [2.05, 4.69) is 47.3 Å². The van der Waals surface area contributed by atoms with Crippen LogP contribution in [0.2, 0.25) is 0 Å². The standard InChI is InChI=1S/C21H20N4O/c1-14-5-3-8-18(15(14)2)21(19-12-23-13-24-19)16-6-4-7-17(11-16)25-20(26)9-10-22/h3-8,11-13,21H,9H2,1-2H3,(H,23,24)(H,25,26). The van der Waals surface area contributed by atoms with Gasteiger partial charge in [-0.1, -0.05) is 30.3 Å². The van der Waals surface area contributed by atoms with Crippen molar-refractivity contribution in [3.05, 3.63) is 82.9 Å². The molecule has 3 rings (SSSR count). The number of hydrogen-bond donors (Lipinski definition) is 2. The summed E-state index contributed by atoms with van der Waals surface area (Å²) >= 11 is 0. The van der Waals surface area contributed by atoms with Gasteiger partial charge in [0.25, 0.3) is 0 Å². The van der Waals surface area contributed by atoms with Crippen molar-refractivity contribution in [3.8, 4) is 6.07 Å². The lowest BCUT2D eigenvalue weighted by Gasteiger charge is -2.21. The number of carbonyl (C=O) groups is 1. The molecule has 0 aliphatic heterocycles. The molecule has 0 saturated heterocycles. The first kappa shape index (κ1) is 17.4. The number of aryl methyl sites for hydroxylation is 1. The topological polar surface area (TPSA) is 81.6 Å². The fraction of sp³-hybridized carbons (Fsp3) is 0.190. The average Bonchev–Trinajstić information content (AvgIpc) is 3.14. The zero-order valence-electron chi connectivity index (χ0n) is 14.8. The van der Waals surface area contributed by atoms with Gasteiger partial charge >= 0.3 is 0 Å². The van der Waals surface area contributed by atoms with Crippen LogP contribution in [0.15, 0.2) is 55.0 Å². The Morgan fingerprint density at radius 1 is 1.27 bits per heavy atom. The summed E-state index contributed by atoms with van der Waals surface area (Å²) in [6, 6.07) is 15.9. The van der Waals surface area contributed by atoms with E-state index in [1.54, 1.807) is 6.33 Å². The second-order valence-corrected chi connectivity index (χ2v) is 6.24. The van der Waals surface area contributed by atoms with E-state index in [1.807, 2.05) is 36.5 Å². The summed E-state index contributed by atoms with van der Waals surface area (Å²) in [4.78, 5) is 19.1. The normalized spacial score (nSPS) is 11.6. The molecular weight excluding hydrogens is 324 g/mol. The van der Waals surface area contributed by atoms with Crippen molar-refractivity contribution in [3.63, 3.8) is 0 Å². The molecule has 2 aromatic carbocycles. The van der Waals surface area contributed by atoms with E-state index in [-0.39, 0.29) is 18.2 Å². The van der Waals surface area contributed by atoms with Crippen LogP contribution in [0.4, 0.5) is 5.69 Å². The molecule has 130 valence electrons. The number of imidazole rings is 1. The molecule has 0 aliphatic carbocycles. The number of hydrogen-bond acceptors (Lipinski definition) is 3. The van der Waals surface area contributed by atoms with Crippen molar-refractivity contribution >= 4 is 11.6 Å². The van der Waals surface area contributed by atoms with E-state index in [0.717, 1.165) is 11.3 Å². The quantitative estimate of drug-likeness (QED) is 0.732. The van der Waals surface area contributed by atoms with Gasteiger partial charge in [-0.25, -0.2) is 4.98 Å². The summed E-state index contributed by atoms with van der Waals surface area (Å²) in [7, 11) is 0. The monoisotopic (exact) mass is 344 g/mol. The Morgan fingerprint density at radius 2 is 2.08 bits per heavy atom. The van der Waals surface area contributed by atoms with Gasteiger partial charge in [-0.05, 0) is 48.2 Å². The number of carbonyl (C=O) groups excluding carboxylic acids is 1. The van der Waals surface area contributed by atoms with Gasteiger partial charge in [0, 0.05) is 17.6 Å². The second kappa shape index (κ2) is 7.66. The third kappa shape index (κ3) is 3.65. The second-order valence-electron chi connectivity index (χ2n) is 6.24. The molecule has 0 bridgehead atoms. The summed E-state index contributed by atoms with van der Waals surface area (Å²) in [5, 5.41) is 11.4. The first-order valence-corrected chi connectivity index (χ1v) is 8.41. The van der Waals surface area contributed by atoms with Gasteiger partial charge in [0.2, 0.25) is 5.91 Å². The Balaban J connectivity index is 2.05. The van der Waals surface area contributed by atoms with Gasteiger partial charge in [-0.15, -0.1) is 0 Å². The predicted octanol–water partition coefficient (Wildman–Crippen LogP) is 4.06. The van der Waals surface area contributed by atoms with Crippen molar-refractivity contribution in [2.45, 2.75) is 26.2 Å². The van der Waals surface area contributed by atoms with Gasteiger partial charge < -0.3 is 10.3 Å². The van der Waals surface area contributed by atoms with Crippen LogP contribution in [0.25, 0.3) is 0 Å². The van der Waals surface area contributed by atoms with E-state index in [9.17, 15) is 4.79 Å². The minimum atomic E-state index is -0.311. The molecule has 3 aromatic rings. The summed E-state index contributed by atoms with van der Waals surface area (Å²) in [5.41, 5.74) is 6.35. The largest absolute Gasteiger partial charge is 0.348 e. The molecule has 0 saturated carbocycles. The van der Waals surface area contributed by atoms with Crippen molar-refractivity contribution < 1.29 is 4.79 Å². The van der Waals surface area contributed by atoms with Crippen LogP contribution in [-0.4, -0.2) is 15.9 Å². The zero-order valence-corrected chi connectivity index (χ0v) is 14.8. The van der Waals surface area contributed by atoms with Crippen LogP contribution >= 0.6 is 0 Å². The van der Waals surface area contributed by atoms with Crippen molar-refractivity contribution in [1.29, 1.82) is 5.26 Å². The van der Waals surface area contributed by atoms with Gasteiger partial charge in [0.15, 0.2) is 0 Å². The molecule has 0 aliphatic rings. The summed E-state index contributed by atoms with van der Waals surface area (Å²) in [5.74, 6) is -0.334. The molecule has 2 N–H and O–H groups in total. The molecule has 1 unspecified atom stereocenters. The van der Waals surface area contributed by atoms with Crippen molar-refractivity contribution in [1.82, 2.24) is 9.97 Å². The number of aromatic nitrogens is 2. The van der Waals surface area contributed by atoms with Crippen molar-refractivity contribution in [2.24, 2.45) is 0 Å². The highest BCUT2D eigenvalue weighted by Crippen LogP contribution is 2.34. The molecule has 1 aromatic heterocycles.